The minimum Gasteiger partial charge on any atom is -0.330 e. The van der Waals surface area contributed by atoms with E-state index in [0.717, 1.165) is 12.0 Å². The zero-order chi connectivity index (χ0) is 13.0. The molecule has 1 unspecified atom stereocenters. The molecule has 1 rings (SSSR count). The van der Waals surface area contributed by atoms with Crippen molar-refractivity contribution < 1.29 is 9.18 Å². The molecule has 0 aliphatic rings. The maximum atomic E-state index is 13.2. The van der Waals surface area contributed by atoms with Crippen molar-refractivity contribution in [3.63, 3.8) is 0 Å². The highest BCUT2D eigenvalue weighted by molar-refractivity contribution is 5.99. The Hall–Kier alpha value is -1.22. The van der Waals surface area contributed by atoms with Crippen LogP contribution in [0.2, 0.25) is 0 Å². The summed E-state index contributed by atoms with van der Waals surface area (Å²) in [5, 5.41) is 0. The van der Waals surface area contributed by atoms with Crippen LogP contribution in [0.3, 0.4) is 0 Å². The molecule has 1 aromatic carbocycles. The van der Waals surface area contributed by atoms with Crippen molar-refractivity contribution in [3.05, 3.63) is 35.1 Å². The third-order valence-corrected chi connectivity index (χ3v) is 2.88. The number of rotatable bonds is 5. The van der Waals surface area contributed by atoms with Gasteiger partial charge in [-0.2, -0.15) is 0 Å². The summed E-state index contributed by atoms with van der Waals surface area (Å²) < 4.78 is 13.2. The molecule has 0 aliphatic heterocycles. The van der Waals surface area contributed by atoms with E-state index in [2.05, 4.69) is 0 Å². The summed E-state index contributed by atoms with van der Waals surface area (Å²) in [5.41, 5.74) is 6.90. The fourth-order valence-electron chi connectivity index (χ4n) is 1.96. The molecule has 0 spiro atoms. The van der Waals surface area contributed by atoms with Gasteiger partial charge < -0.3 is 5.73 Å². The second-order valence-electron chi connectivity index (χ2n) is 4.89. The molecule has 1 atom stereocenters. The van der Waals surface area contributed by atoms with Gasteiger partial charge in [0.15, 0.2) is 5.78 Å². The lowest BCUT2D eigenvalue weighted by atomic mass is 9.88. The Morgan fingerprint density at radius 3 is 2.59 bits per heavy atom. The van der Waals surface area contributed by atoms with E-state index in [1.165, 1.54) is 12.1 Å². The monoisotopic (exact) mass is 237 g/mol. The van der Waals surface area contributed by atoms with E-state index < -0.39 is 0 Å². The molecule has 0 aliphatic carbocycles. The number of benzene rings is 1. The number of Topliss-reactive ketones (excluding diaryl/α,β-unsaturated/α-hetero) is 1. The molecule has 1 aromatic rings. The van der Waals surface area contributed by atoms with Gasteiger partial charge in [-0.05, 0) is 37.0 Å². The Balaban J connectivity index is 2.97. The summed E-state index contributed by atoms with van der Waals surface area (Å²) in [6.45, 7) is 6.23. The molecule has 0 radical (unpaired) electrons. The Kier molecular flexibility index (Phi) is 4.82. The second-order valence-corrected chi connectivity index (χ2v) is 4.89. The van der Waals surface area contributed by atoms with E-state index in [9.17, 15) is 9.18 Å². The second kappa shape index (κ2) is 5.92. The van der Waals surface area contributed by atoms with Gasteiger partial charge in [0.1, 0.15) is 5.82 Å². The first-order valence-electron chi connectivity index (χ1n) is 5.96. The molecule has 0 saturated heterocycles. The number of carbonyl (C=O) groups excluding carboxylic acids is 1. The number of hydrogen-bond donors (Lipinski definition) is 1. The highest BCUT2D eigenvalue weighted by Gasteiger charge is 2.21. The van der Waals surface area contributed by atoms with Gasteiger partial charge in [0.2, 0.25) is 0 Å². The Morgan fingerprint density at radius 1 is 1.41 bits per heavy atom. The largest absolute Gasteiger partial charge is 0.330 e. The predicted molar refractivity (Wildman–Crippen MR) is 67.5 cm³/mol. The maximum Gasteiger partial charge on any atom is 0.167 e. The van der Waals surface area contributed by atoms with Crippen LogP contribution in [0.15, 0.2) is 18.2 Å². The van der Waals surface area contributed by atoms with Gasteiger partial charge in [0.25, 0.3) is 0 Å². The van der Waals surface area contributed by atoms with Gasteiger partial charge in [0, 0.05) is 18.0 Å². The van der Waals surface area contributed by atoms with Crippen molar-refractivity contribution >= 4 is 5.78 Å². The lowest BCUT2D eigenvalue weighted by molar-refractivity contribution is 0.0907. The Morgan fingerprint density at radius 2 is 2.06 bits per heavy atom. The number of hydrogen-bond acceptors (Lipinski definition) is 2. The molecule has 0 amide bonds. The first kappa shape index (κ1) is 13.8. The zero-order valence-corrected chi connectivity index (χ0v) is 10.7. The standard InChI is InChI=1S/C14H20FNO/c1-9(2)6-11(8-16)14(17)13-7-12(15)5-4-10(13)3/h4-5,7,9,11H,6,8,16H2,1-3H3. The van der Waals surface area contributed by atoms with Crippen molar-refractivity contribution in [3.8, 4) is 0 Å². The summed E-state index contributed by atoms with van der Waals surface area (Å²) in [4.78, 5) is 12.2. The smallest absolute Gasteiger partial charge is 0.167 e. The third-order valence-electron chi connectivity index (χ3n) is 2.88. The highest BCUT2D eigenvalue weighted by atomic mass is 19.1. The molecule has 0 bridgehead atoms. The van der Waals surface area contributed by atoms with E-state index >= 15 is 0 Å². The van der Waals surface area contributed by atoms with E-state index in [1.807, 2.05) is 20.8 Å². The zero-order valence-electron chi connectivity index (χ0n) is 10.7. The topological polar surface area (TPSA) is 43.1 Å². The number of halogens is 1. The first-order chi connectivity index (χ1) is 7.95. The van der Waals surface area contributed by atoms with E-state index in [4.69, 9.17) is 5.73 Å². The SMILES string of the molecule is Cc1ccc(F)cc1C(=O)C(CN)CC(C)C. The maximum absolute atomic E-state index is 13.2. The van der Waals surface area contributed by atoms with Crippen molar-refractivity contribution in [2.75, 3.05) is 6.54 Å². The summed E-state index contributed by atoms with van der Waals surface area (Å²) in [5.74, 6) is -0.227. The summed E-state index contributed by atoms with van der Waals surface area (Å²) in [6, 6.07) is 4.30. The Bertz CT molecular complexity index is 401. The predicted octanol–water partition coefficient (Wildman–Crippen LogP) is 2.94. The Labute approximate surface area is 102 Å². The highest BCUT2D eigenvalue weighted by Crippen LogP contribution is 2.19. The van der Waals surface area contributed by atoms with Crippen molar-refractivity contribution in [2.45, 2.75) is 27.2 Å². The van der Waals surface area contributed by atoms with E-state index in [-0.39, 0.29) is 17.5 Å². The average molecular weight is 237 g/mol. The van der Waals surface area contributed by atoms with E-state index in [1.54, 1.807) is 6.07 Å². The number of nitrogens with two attached hydrogens (primary N) is 1. The normalized spacial score (nSPS) is 12.8. The number of aryl methyl sites for hydroxylation is 1. The van der Waals surface area contributed by atoms with Gasteiger partial charge in [-0.1, -0.05) is 19.9 Å². The minimum absolute atomic E-state index is 0.0433. The van der Waals surface area contributed by atoms with Crippen LogP contribution in [-0.2, 0) is 0 Å². The van der Waals surface area contributed by atoms with Crippen LogP contribution in [0.4, 0.5) is 4.39 Å². The minimum atomic E-state index is -0.376. The molecule has 0 fully saturated rings. The van der Waals surface area contributed by atoms with Crippen LogP contribution in [0.5, 0.6) is 0 Å². The molecule has 2 N–H and O–H groups in total. The van der Waals surface area contributed by atoms with Crippen molar-refractivity contribution in [1.29, 1.82) is 0 Å². The molecule has 94 valence electrons. The molecular weight excluding hydrogens is 217 g/mol. The molecule has 2 nitrogen and oxygen atoms in total. The lowest BCUT2D eigenvalue weighted by Gasteiger charge is -2.17. The fraction of sp³-hybridized carbons (Fsp3) is 0.500. The summed E-state index contributed by atoms with van der Waals surface area (Å²) in [7, 11) is 0. The molecule has 3 heteroatoms. The van der Waals surface area contributed by atoms with Crippen LogP contribution in [0.1, 0.15) is 36.2 Å². The number of ketones is 1. The summed E-state index contributed by atoms with van der Waals surface area (Å²) in [6.07, 6.45) is 0.741. The van der Waals surface area contributed by atoms with Crippen LogP contribution >= 0.6 is 0 Å². The molecule has 17 heavy (non-hydrogen) atoms. The van der Waals surface area contributed by atoms with Gasteiger partial charge in [-0.25, -0.2) is 4.39 Å². The molecule has 0 aromatic heterocycles. The molecule has 0 saturated carbocycles. The fourth-order valence-corrected chi connectivity index (χ4v) is 1.96. The number of carbonyl (C=O) groups is 1. The molecular formula is C14H20FNO. The van der Waals surface area contributed by atoms with E-state index in [0.29, 0.717) is 18.0 Å². The van der Waals surface area contributed by atoms with Crippen LogP contribution in [0, 0.1) is 24.6 Å². The third kappa shape index (κ3) is 3.63. The van der Waals surface area contributed by atoms with Crippen LogP contribution in [-0.4, -0.2) is 12.3 Å². The lowest BCUT2D eigenvalue weighted by Crippen LogP contribution is -2.26. The van der Waals surface area contributed by atoms with Gasteiger partial charge >= 0.3 is 0 Å². The first-order valence-corrected chi connectivity index (χ1v) is 5.96. The van der Waals surface area contributed by atoms with Gasteiger partial charge in [-0.3, -0.25) is 4.79 Å². The van der Waals surface area contributed by atoms with Crippen LogP contribution < -0.4 is 5.73 Å². The van der Waals surface area contributed by atoms with Crippen LogP contribution in [0.25, 0.3) is 0 Å². The van der Waals surface area contributed by atoms with Gasteiger partial charge in [-0.15, -0.1) is 0 Å². The van der Waals surface area contributed by atoms with Gasteiger partial charge in [0.05, 0.1) is 0 Å². The average Bonchev–Trinajstić information content (AvgIpc) is 2.28. The van der Waals surface area contributed by atoms with Crippen molar-refractivity contribution in [2.24, 2.45) is 17.6 Å². The quantitative estimate of drug-likeness (QED) is 0.800. The summed E-state index contributed by atoms with van der Waals surface area (Å²) >= 11 is 0. The molecule has 0 heterocycles. The van der Waals surface area contributed by atoms with Crippen molar-refractivity contribution in [1.82, 2.24) is 0 Å².